The summed E-state index contributed by atoms with van der Waals surface area (Å²) in [6.45, 7) is 3.32. The molecule has 5 heteroatoms. The number of thiocarbonyl (C=S) groups is 1. The van der Waals surface area contributed by atoms with Crippen LogP contribution in [0.2, 0.25) is 0 Å². The largest absolute Gasteiger partial charge is 0.492 e. The van der Waals surface area contributed by atoms with Gasteiger partial charge in [0.2, 0.25) is 0 Å². The van der Waals surface area contributed by atoms with Gasteiger partial charge in [-0.2, -0.15) is 0 Å². The second-order valence-corrected chi connectivity index (χ2v) is 6.26. The molecule has 3 N–H and O–H groups in total. The third-order valence-electron chi connectivity index (χ3n) is 3.52. The lowest BCUT2D eigenvalue weighted by molar-refractivity contribution is -0.858. The van der Waals surface area contributed by atoms with E-state index in [2.05, 4.69) is 49.0 Å². The maximum atomic E-state index is 5.77. The van der Waals surface area contributed by atoms with Crippen LogP contribution in [0.15, 0.2) is 42.5 Å². The van der Waals surface area contributed by atoms with Gasteiger partial charge in [0.05, 0.1) is 27.2 Å². The summed E-state index contributed by atoms with van der Waals surface area (Å²) in [6, 6.07) is 14.4. The van der Waals surface area contributed by atoms with Crippen LogP contribution in [0.4, 0.5) is 0 Å². The van der Waals surface area contributed by atoms with Crippen LogP contribution in [-0.4, -0.2) is 45.4 Å². The van der Waals surface area contributed by atoms with Crippen molar-refractivity contribution in [3.63, 3.8) is 0 Å². The number of ether oxygens (including phenoxy) is 1. The highest BCUT2D eigenvalue weighted by Crippen LogP contribution is 2.20. The second-order valence-electron chi connectivity index (χ2n) is 5.85. The molecule has 0 radical (unpaired) electrons. The molecule has 0 aliphatic carbocycles. The van der Waals surface area contributed by atoms with Crippen LogP contribution in [0.25, 0.3) is 10.8 Å². The number of benzene rings is 2. The number of nitrogens with one attached hydrogen (secondary N) is 3. The first-order valence-electron chi connectivity index (χ1n) is 8.07. The molecule has 0 bridgehead atoms. The summed E-state index contributed by atoms with van der Waals surface area (Å²) in [5.74, 6) is 0.887. The fourth-order valence-electron chi connectivity index (χ4n) is 2.30. The minimum atomic E-state index is 0.585. The fourth-order valence-corrected chi connectivity index (χ4v) is 2.50. The Labute approximate surface area is 143 Å². The second kappa shape index (κ2) is 9.33. The van der Waals surface area contributed by atoms with E-state index >= 15 is 0 Å². The van der Waals surface area contributed by atoms with E-state index in [1.807, 2.05) is 18.2 Å². The van der Waals surface area contributed by atoms with Gasteiger partial charge in [-0.3, -0.25) is 0 Å². The molecule has 0 aliphatic heterocycles. The van der Waals surface area contributed by atoms with Gasteiger partial charge in [0, 0.05) is 13.0 Å². The average molecular weight is 332 g/mol. The lowest BCUT2D eigenvalue weighted by atomic mass is 10.1. The van der Waals surface area contributed by atoms with Crippen LogP contribution in [-0.2, 0) is 0 Å². The SMILES string of the molecule is C[NH+](C)CCCNC(=S)NCCOc1ccc2ccccc2c1. The summed E-state index contributed by atoms with van der Waals surface area (Å²) in [4.78, 5) is 1.45. The van der Waals surface area contributed by atoms with Gasteiger partial charge < -0.3 is 20.3 Å². The molecule has 0 fully saturated rings. The Morgan fingerprint density at radius 1 is 1.04 bits per heavy atom. The maximum Gasteiger partial charge on any atom is 0.166 e. The van der Waals surface area contributed by atoms with Crippen LogP contribution in [0.1, 0.15) is 6.42 Å². The molecule has 2 aromatic carbocycles. The van der Waals surface area contributed by atoms with Gasteiger partial charge in [-0.15, -0.1) is 0 Å². The van der Waals surface area contributed by atoms with E-state index in [9.17, 15) is 0 Å². The van der Waals surface area contributed by atoms with Crippen molar-refractivity contribution < 1.29 is 9.64 Å². The fraction of sp³-hybridized carbons (Fsp3) is 0.389. The molecule has 0 aromatic heterocycles. The Kier molecular flexibility index (Phi) is 7.10. The summed E-state index contributed by atoms with van der Waals surface area (Å²) < 4.78 is 5.77. The summed E-state index contributed by atoms with van der Waals surface area (Å²) in [7, 11) is 4.31. The summed E-state index contributed by atoms with van der Waals surface area (Å²) >= 11 is 5.24. The van der Waals surface area contributed by atoms with Crippen molar-refractivity contribution in [1.82, 2.24) is 10.6 Å². The summed E-state index contributed by atoms with van der Waals surface area (Å²) in [6.07, 6.45) is 1.11. The first-order chi connectivity index (χ1) is 11.1. The molecule has 124 valence electrons. The van der Waals surface area contributed by atoms with E-state index in [0.29, 0.717) is 18.3 Å². The van der Waals surface area contributed by atoms with E-state index < -0.39 is 0 Å². The molecule has 2 rings (SSSR count). The molecular weight excluding hydrogens is 306 g/mol. The van der Waals surface area contributed by atoms with E-state index in [1.165, 1.54) is 15.7 Å². The maximum absolute atomic E-state index is 5.77. The predicted octanol–water partition coefficient (Wildman–Crippen LogP) is 1.22. The van der Waals surface area contributed by atoms with Crippen LogP contribution in [0.5, 0.6) is 5.75 Å². The van der Waals surface area contributed by atoms with Crippen molar-refractivity contribution >= 4 is 28.1 Å². The molecule has 23 heavy (non-hydrogen) atoms. The first kappa shape index (κ1) is 17.5. The smallest absolute Gasteiger partial charge is 0.166 e. The summed E-state index contributed by atoms with van der Waals surface area (Å²) in [5, 5.41) is 9.49. The number of quaternary nitrogens is 1. The molecule has 4 nitrogen and oxygen atoms in total. The van der Waals surface area contributed by atoms with Gasteiger partial charge in [0.25, 0.3) is 0 Å². The van der Waals surface area contributed by atoms with E-state index in [-0.39, 0.29) is 0 Å². The predicted molar refractivity (Wildman–Crippen MR) is 100 cm³/mol. The highest BCUT2D eigenvalue weighted by molar-refractivity contribution is 7.80. The van der Waals surface area contributed by atoms with Gasteiger partial charge in [-0.1, -0.05) is 30.3 Å². The summed E-state index contributed by atoms with van der Waals surface area (Å²) in [5.41, 5.74) is 0. The van der Waals surface area contributed by atoms with Crippen LogP contribution in [0.3, 0.4) is 0 Å². The first-order valence-corrected chi connectivity index (χ1v) is 8.48. The number of fused-ring (bicyclic) bond motifs is 1. The Hall–Kier alpha value is -1.85. The zero-order valence-corrected chi connectivity index (χ0v) is 14.7. The Morgan fingerprint density at radius 2 is 1.78 bits per heavy atom. The van der Waals surface area contributed by atoms with Crippen molar-refractivity contribution in [2.75, 3.05) is 40.3 Å². The topological polar surface area (TPSA) is 37.7 Å². The highest BCUT2D eigenvalue weighted by Gasteiger charge is 1.99. The van der Waals surface area contributed by atoms with Gasteiger partial charge >= 0.3 is 0 Å². The molecule has 0 unspecified atom stereocenters. The number of rotatable bonds is 8. The molecule has 2 aromatic rings. The standard InChI is InChI=1S/C18H25N3OS/c1-21(2)12-5-10-19-18(23)20-11-13-22-17-9-8-15-6-3-4-7-16(15)14-17/h3-4,6-9,14H,5,10-13H2,1-2H3,(H2,19,20,23)/p+1. The van der Waals surface area contributed by atoms with Gasteiger partial charge in [-0.25, -0.2) is 0 Å². The molecule has 0 amide bonds. The van der Waals surface area contributed by atoms with Crippen molar-refractivity contribution in [2.45, 2.75) is 6.42 Å². The lowest BCUT2D eigenvalue weighted by Crippen LogP contribution is -3.05. The van der Waals surface area contributed by atoms with Gasteiger partial charge in [0.1, 0.15) is 12.4 Å². The third kappa shape index (κ3) is 6.42. The van der Waals surface area contributed by atoms with E-state index in [4.69, 9.17) is 17.0 Å². The molecular formula is C18H26N3OS+. The zero-order valence-electron chi connectivity index (χ0n) is 13.9. The molecule has 0 saturated heterocycles. The molecule has 0 saturated carbocycles. The zero-order chi connectivity index (χ0) is 16.5. The minimum absolute atomic E-state index is 0.585. The Balaban J connectivity index is 1.63. The number of hydrogen-bond donors (Lipinski definition) is 3. The van der Waals surface area contributed by atoms with Crippen molar-refractivity contribution in [3.8, 4) is 5.75 Å². The quantitative estimate of drug-likeness (QED) is 0.502. The highest BCUT2D eigenvalue weighted by atomic mass is 32.1. The van der Waals surface area contributed by atoms with Crippen molar-refractivity contribution in [2.24, 2.45) is 0 Å². The molecule has 0 spiro atoms. The normalized spacial score (nSPS) is 10.7. The monoisotopic (exact) mass is 332 g/mol. The van der Waals surface area contributed by atoms with Crippen LogP contribution in [0, 0.1) is 0 Å². The lowest BCUT2D eigenvalue weighted by Gasteiger charge is -2.12. The van der Waals surface area contributed by atoms with Crippen LogP contribution < -0.4 is 20.3 Å². The molecule has 0 atom stereocenters. The van der Waals surface area contributed by atoms with E-state index in [0.717, 1.165) is 25.3 Å². The van der Waals surface area contributed by atoms with Crippen molar-refractivity contribution in [3.05, 3.63) is 42.5 Å². The van der Waals surface area contributed by atoms with Crippen molar-refractivity contribution in [1.29, 1.82) is 0 Å². The average Bonchev–Trinajstić information content (AvgIpc) is 2.55. The van der Waals surface area contributed by atoms with Gasteiger partial charge in [0.15, 0.2) is 5.11 Å². The molecule has 0 aliphatic rings. The minimum Gasteiger partial charge on any atom is -0.492 e. The Bertz CT molecular complexity index is 630. The third-order valence-corrected chi connectivity index (χ3v) is 3.81. The molecule has 0 heterocycles. The Morgan fingerprint density at radius 3 is 2.57 bits per heavy atom. The van der Waals surface area contributed by atoms with Gasteiger partial charge in [-0.05, 0) is 35.1 Å². The number of hydrogen-bond acceptors (Lipinski definition) is 2. The van der Waals surface area contributed by atoms with E-state index in [1.54, 1.807) is 0 Å². The van der Waals surface area contributed by atoms with Crippen LogP contribution >= 0.6 is 12.2 Å².